The van der Waals surface area contributed by atoms with Gasteiger partial charge in [0.15, 0.2) is 11.7 Å². The highest BCUT2D eigenvalue weighted by molar-refractivity contribution is 6.06. The average Bonchev–Trinajstić information content (AvgIpc) is 3.29. The third-order valence-corrected chi connectivity index (χ3v) is 4.44. The Kier molecular flexibility index (Phi) is 3.82. The summed E-state index contributed by atoms with van der Waals surface area (Å²) in [6.45, 7) is 0. The Labute approximate surface area is 149 Å². The van der Waals surface area contributed by atoms with E-state index in [0.717, 1.165) is 16.6 Å². The largest absolute Gasteiger partial charge is 0.330 e. The quantitative estimate of drug-likeness (QED) is 0.576. The molecule has 0 bridgehead atoms. The summed E-state index contributed by atoms with van der Waals surface area (Å²) in [5.41, 5.74) is 3.47. The number of rotatable bonds is 4. The number of fused-ring (bicyclic) bond motifs is 1. The van der Waals surface area contributed by atoms with E-state index in [-0.39, 0.29) is 5.78 Å². The summed E-state index contributed by atoms with van der Waals surface area (Å²) in [6, 6.07) is 19.1. The molecule has 0 aliphatic heterocycles. The van der Waals surface area contributed by atoms with E-state index in [2.05, 4.69) is 21.3 Å². The number of aromatic amines is 1. The molecule has 0 aliphatic rings. The maximum absolute atomic E-state index is 13.1. The number of aryl methyl sites for hydroxylation is 1. The second kappa shape index (κ2) is 6.30. The Bertz CT molecular complexity index is 1130. The van der Waals surface area contributed by atoms with Crippen molar-refractivity contribution in [1.29, 1.82) is 5.26 Å². The van der Waals surface area contributed by atoms with Crippen molar-refractivity contribution in [2.24, 2.45) is 7.05 Å². The number of hydrogen-bond donors (Lipinski definition) is 1. The number of imidazole rings is 1. The van der Waals surface area contributed by atoms with E-state index in [1.807, 2.05) is 61.6 Å². The Hall–Kier alpha value is -3.72. The lowest BCUT2D eigenvalue weighted by Gasteiger charge is -2.09. The van der Waals surface area contributed by atoms with Crippen LogP contribution in [0.25, 0.3) is 22.3 Å². The topological polar surface area (TPSA) is 87.4 Å². The molecule has 1 atom stereocenters. The molecule has 6 heteroatoms. The summed E-state index contributed by atoms with van der Waals surface area (Å²) >= 11 is 0. The number of benzene rings is 2. The molecule has 0 spiro atoms. The van der Waals surface area contributed by atoms with E-state index in [4.69, 9.17) is 0 Å². The Morgan fingerprint density at radius 1 is 1.15 bits per heavy atom. The number of Topliss-reactive ketones (excluding diaryl/α,β-unsaturated/α-hetero) is 1. The predicted octanol–water partition coefficient (Wildman–Crippen LogP) is 3.45. The molecule has 0 radical (unpaired) electrons. The van der Waals surface area contributed by atoms with Gasteiger partial charge >= 0.3 is 0 Å². The zero-order valence-corrected chi connectivity index (χ0v) is 14.0. The number of H-pyrrole nitrogens is 1. The molecule has 0 fully saturated rings. The van der Waals surface area contributed by atoms with Crippen LogP contribution in [0.3, 0.4) is 0 Å². The summed E-state index contributed by atoms with van der Waals surface area (Å²) in [5.74, 6) is -0.898. The first kappa shape index (κ1) is 15.8. The van der Waals surface area contributed by atoms with Crippen molar-refractivity contribution in [1.82, 2.24) is 19.7 Å². The highest BCUT2D eigenvalue weighted by Crippen LogP contribution is 2.28. The summed E-state index contributed by atoms with van der Waals surface area (Å²) in [6.07, 6.45) is 1.47. The van der Waals surface area contributed by atoms with E-state index >= 15 is 0 Å². The minimum Gasteiger partial charge on any atom is -0.330 e. The molecule has 0 unspecified atom stereocenters. The van der Waals surface area contributed by atoms with Gasteiger partial charge in [-0.15, -0.1) is 0 Å². The van der Waals surface area contributed by atoms with Gasteiger partial charge in [0.1, 0.15) is 5.82 Å². The highest BCUT2D eigenvalue weighted by Gasteiger charge is 2.29. The Morgan fingerprint density at radius 2 is 1.88 bits per heavy atom. The molecule has 0 amide bonds. The van der Waals surface area contributed by atoms with Crippen LogP contribution in [0.2, 0.25) is 0 Å². The van der Waals surface area contributed by atoms with Gasteiger partial charge in [-0.25, -0.2) is 4.98 Å². The summed E-state index contributed by atoms with van der Waals surface area (Å²) in [7, 11) is 1.82. The number of hydrogen-bond acceptors (Lipinski definition) is 4. The van der Waals surface area contributed by atoms with Gasteiger partial charge in [0.05, 0.1) is 34.6 Å². The third kappa shape index (κ3) is 2.47. The van der Waals surface area contributed by atoms with Crippen LogP contribution < -0.4 is 0 Å². The van der Waals surface area contributed by atoms with Crippen molar-refractivity contribution >= 4 is 16.8 Å². The molecule has 6 nitrogen and oxygen atoms in total. The number of nitrogens with zero attached hydrogens (tertiary/aromatic N) is 4. The molecular formula is C20H15N5O. The second-order valence-electron chi connectivity index (χ2n) is 5.97. The molecule has 0 saturated carbocycles. The van der Waals surface area contributed by atoms with Crippen LogP contribution in [0.15, 0.2) is 60.8 Å². The fourth-order valence-electron chi connectivity index (χ4n) is 3.11. The normalized spacial score (nSPS) is 12.0. The molecule has 26 heavy (non-hydrogen) atoms. The van der Waals surface area contributed by atoms with E-state index in [9.17, 15) is 10.1 Å². The van der Waals surface area contributed by atoms with E-state index in [0.29, 0.717) is 17.1 Å². The summed E-state index contributed by atoms with van der Waals surface area (Å²) in [5, 5.41) is 16.6. The monoisotopic (exact) mass is 341 g/mol. The summed E-state index contributed by atoms with van der Waals surface area (Å²) in [4.78, 5) is 17.6. The minimum absolute atomic E-state index is 0.321. The third-order valence-electron chi connectivity index (χ3n) is 4.44. The number of nitrogens with one attached hydrogen (secondary N) is 1. The molecule has 4 rings (SSSR count). The molecule has 2 aromatic carbocycles. The van der Waals surface area contributed by atoms with E-state index in [1.54, 1.807) is 4.57 Å². The zero-order valence-electron chi connectivity index (χ0n) is 14.0. The van der Waals surface area contributed by atoms with Crippen LogP contribution >= 0.6 is 0 Å². The van der Waals surface area contributed by atoms with Crippen molar-refractivity contribution in [3.8, 4) is 17.3 Å². The van der Waals surface area contributed by atoms with Crippen LogP contribution in [0.4, 0.5) is 0 Å². The molecule has 2 heterocycles. The first-order valence-electron chi connectivity index (χ1n) is 8.14. The van der Waals surface area contributed by atoms with Crippen LogP contribution in [0.5, 0.6) is 0 Å². The van der Waals surface area contributed by atoms with Gasteiger partial charge in [-0.05, 0) is 12.1 Å². The molecule has 0 aliphatic carbocycles. The van der Waals surface area contributed by atoms with Crippen LogP contribution in [0.1, 0.15) is 22.1 Å². The molecule has 126 valence electrons. The van der Waals surface area contributed by atoms with Crippen molar-refractivity contribution in [2.75, 3.05) is 0 Å². The van der Waals surface area contributed by atoms with Crippen LogP contribution in [-0.2, 0) is 7.05 Å². The first-order valence-corrected chi connectivity index (χ1v) is 8.14. The second-order valence-corrected chi connectivity index (χ2v) is 5.97. The lowest BCUT2D eigenvalue weighted by molar-refractivity contribution is 0.0976. The number of para-hydroxylation sites is 2. The highest BCUT2D eigenvalue weighted by atomic mass is 16.1. The average molecular weight is 341 g/mol. The van der Waals surface area contributed by atoms with E-state index < -0.39 is 5.92 Å². The maximum Gasteiger partial charge on any atom is 0.191 e. The van der Waals surface area contributed by atoms with Gasteiger partial charge < -0.3 is 4.57 Å². The van der Waals surface area contributed by atoms with Gasteiger partial charge in [-0.3, -0.25) is 9.89 Å². The molecule has 1 N–H and O–H groups in total. The Morgan fingerprint density at radius 3 is 2.62 bits per heavy atom. The zero-order chi connectivity index (χ0) is 18.1. The fourth-order valence-corrected chi connectivity index (χ4v) is 3.11. The Balaban J connectivity index is 1.79. The standard InChI is InChI=1S/C20H15N5O/c1-25-17-10-6-5-9-16(17)23-20(25)14(11-21)19(26)15-12-22-24-18(15)13-7-3-2-4-8-13/h2-10,12,14H,1H3,(H,22,24)/t14-/m1/s1. The van der Waals surface area contributed by atoms with Crippen LogP contribution in [0, 0.1) is 11.3 Å². The number of aromatic nitrogens is 4. The van der Waals surface area contributed by atoms with Gasteiger partial charge in [-0.2, -0.15) is 10.4 Å². The smallest absolute Gasteiger partial charge is 0.191 e. The predicted molar refractivity (Wildman–Crippen MR) is 97.4 cm³/mol. The van der Waals surface area contributed by atoms with Gasteiger partial charge in [-0.1, -0.05) is 42.5 Å². The molecule has 4 aromatic rings. The minimum atomic E-state index is -1.01. The van der Waals surface area contributed by atoms with Crippen molar-refractivity contribution in [2.45, 2.75) is 5.92 Å². The van der Waals surface area contributed by atoms with Gasteiger partial charge in [0.25, 0.3) is 0 Å². The number of carbonyl (C=O) groups excluding carboxylic acids is 1. The fraction of sp³-hybridized carbons (Fsp3) is 0.100. The lowest BCUT2D eigenvalue weighted by atomic mass is 9.96. The number of carbonyl (C=O) groups is 1. The van der Waals surface area contributed by atoms with Crippen molar-refractivity contribution in [3.63, 3.8) is 0 Å². The van der Waals surface area contributed by atoms with Gasteiger partial charge in [0, 0.05) is 12.6 Å². The first-order chi connectivity index (χ1) is 12.7. The lowest BCUT2D eigenvalue weighted by Crippen LogP contribution is -2.16. The van der Waals surface area contributed by atoms with Crippen molar-refractivity contribution in [3.05, 3.63) is 72.2 Å². The van der Waals surface area contributed by atoms with Crippen LogP contribution in [-0.4, -0.2) is 25.5 Å². The maximum atomic E-state index is 13.1. The van der Waals surface area contributed by atoms with Gasteiger partial charge in [0.2, 0.25) is 0 Å². The summed E-state index contributed by atoms with van der Waals surface area (Å²) < 4.78 is 1.80. The number of nitriles is 1. The van der Waals surface area contributed by atoms with E-state index in [1.165, 1.54) is 6.20 Å². The molecular weight excluding hydrogens is 326 g/mol. The SMILES string of the molecule is Cn1c([C@H](C#N)C(=O)c2cn[nH]c2-c2ccccc2)nc2ccccc21. The number of ketones is 1. The van der Waals surface area contributed by atoms with Crippen molar-refractivity contribution < 1.29 is 4.79 Å². The molecule has 0 saturated heterocycles. The molecule has 2 aromatic heterocycles.